The van der Waals surface area contributed by atoms with Crippen LogP contribution in [0.25, 0.3) is 22.2 Å². The molecule has 0 unspecified atom stereocenters. The van der Waals surface area contributed by atoms with E-state index < -0.39 is 5.97 Å². The van der Waals surface area contributed by atoms with E-state index in [4.69, 9.17) is 4.74 Å². The molecule has 1 atom stereocenters. The van der Waals surface area contributed by atoms with Gasteiger partial charge >= 0.3 is 5.97 Å². The fourth-order valence-electron chi connectivity index (χ4n) is 6.60. The molecular weight excluding hydrogens is 440 g/mol. The number of carbonyl (C=O) groups is 2. The second kappa shape index (κ2) is 9.15. The lowest BCUT2D eigenvalue weighted by Crippen LogP contribution is -2.45. The van der Waals surface area contributed by atoms with Gasteiger partial charge in [0.1, 0.15) is 6.04 Å². The number of aromatic nitrogens is 1. The molecule has 2 aliphatic heterocycles. The summed E-state index contributed by atoms with van der Waals surface area (Å²) in [5, 5.41) is 11.1. The first kappa shape index (κ1) is 22.4. The number of carbonyl (C=O) groups excluding carboxylic acids is 1. The average molecular weight is 473 g/mol. The molecule has 0 spiro atoms. The van der Waals surface area contributed by atoms with Crippen LogP contribution in [0.4, 0.5) is 0 Å². The molecule has 1 N–H and O–H groups in total. The number of aromatic carboxylic acids is 1. The smallest absolute Gasteiger partial charge is 0.336 e. The predicted molar refractivity (Wildman–Crippen MR) is 135 cm³/mol. The summed E-state index contributed by atoms with van der Waals surface area (Å²) in [6.07, 6.45) is 7.17. The van der Waals surface area contributed by atoms with E-state index in [1.54, 1.807) is 6.07 Å². The molecular formula is C29H32N2O4. The fraction of sp³-hybridized carbons (Fsp3) is 0.448. The normalized spacial score (nSPS) is 20.8. The Bertz CT molecular complexity index is 1270. The van der Waals surface area contributed by atoms with Crippen molar-refractivity contribution in [1.82, 2.24) is 9.47 Å². The molecule has 1 saturated heterocycles. The number of ether oxygens (including phenoxy) is 1. The summed E-state index contributed by atoms with van der Waals surface area (Å²) in [5.41, 5.74) is 5.73. The molecule has 1 amide bonds. The van der Waals surface area contributed by atoms with Gasteiger partial charge in [0.2, 0.25) is 5.91 Å². The van der Waals surface area contributed by atoms with Gasteiger partial charge in [-0.3, -0.25) is 4.79 Å². The maximum absolute atomic E-state index is 13.9. The van der Waals surface area contributed by atoms with E-state index in [1.165, 1.54) is 24.8 Å². The zero-order chi connectivity index (χ0) is 23.9. The number of morpholine rings is 1. The molecule has 2 fully saturated rings. The van der Waals surface area contributed by atoms with Crippen LogP contribution in [0, 0.1) is 0 Å². The molecule has 1 aliphatic carbocycles. The van der Waals surface area contributed by atoms with Gasteiger partial charge in [-0.25, -0.2) is 4.79 Å². The van der Waals surface area contributed by atoms with E-state index in [1.807, 2.05) is 17.0 Å². The van der Waals surface area contributed by atoms with E-state index in [-0.39, 0.29) is 11.9 Å². The van der Waals surface area contributed by atoms with Gasteiger partial charge in [-0.1, -0.05) is 55.7 Å². The summed E-state index contributed by atoms with van der Waals surface area (Å²) in [7, 11) is 0. The maximum atomic E-state index is 13.9. The minimum atomic E-state index is -0.895. The molecule has 6 rings (SSSR count). The van der Waals surface area contributed by atoms with Crippen LogP contribution in [0.3, 0.4) is 0 Å². The number of benzene rings is 2. The highest BCUT2D eigenvalue weighted by Crippen LogP contribution is 2.49. The van der Waals surface area contributed by atoms with Crippen molar-refractivity contribution in [2.45, 2.75) is 56.9 Å². The van der Waals surface area contributed by atoms with Crippen LogP contribution in [-0.4, -0.2) is 52.8 Å². The largest absolute Gasteiger partial charge is 0.478 e. The van der Waals surface area contributed by atoms with Crippen molar-refractivity contribution in [3.05, 3.63) is 59.2 Å². The number of amides is 1. The molecule has 182 valence electrons. The predicted octanol–water partition coefficient (Wildman–Crippen LogP) is 5.40. The van der Waals surface area contributed by atoms with Crippen molar-refractivity contribution in [1.29, 1.82) is 0 Å². The van der Waals surface area contributed by atoms with Gasteiger partial charge in [0.05, 0.1) is 30.0 Å². The summed E-state index contributed by atoms with van der Waals surface area (Å²) in [5.74, 6) is -0.347. The standard InChI is InChI=1S/C29H32N2O4/c32-28(30-15-17-35-18-16-30)24-14-13-21-22(29(33)34)11-12-23-25(19-7-3-1-4-8-19)26(31(24)27(21)23)20-9-5-2-6-10-20/h2,5-6,9-12,19,24H,1,3-4,7-8,13-18H2,(H,33,34)/t24-/m0/s1. The van der Waals surface area contributed by atoms with Crippen LogP contribution >= 0.6 is 0 Å². The first-order valence-electron chi connectivity index (χ1n) is 13.0. The van der Waals surface area contributed by atoms with Crippen LogP contribution in [0.2, 0.25) is 0 Å². The molecule has 1 saturated carbocycles. The molecule has 3 heterocycles. The van der Waals surface area contributed by atoms with Crippen LogP contribution in [0.15, 0.2) is 42.5 Å². The Balaban J connectivity index is 1.64. The van der Waals surface area contributed by atoms with E-state index in [0.29, 0.717) is 50.6 Å². The third kappa shape index (κ3) is 3.75. The number of hydrogen-bond acceptors (Lipinski definition) is 3. The second-order valence-corrected chi connectivity index (χ2v) is 10.1. The summed E-state index contributed by atoms with van der Waals surface area (Å²) in [6.45, 7) is 2.35. The van der Waals surface area contributed by atoms with E-state index in [0.717, 1.165) is 40.6 Å². The number of carboxylic acid groups (broad SMARTS) is 1. The second-order valence-electron chi connectivity index (χ2n) is 10.1. The minimum absolute atomic E-state index is 0.129. The zero-order valence-electron chi connectivity index (χ0n) is 20.0. The highest BCUT2D eigenvalue weighted by atomic mass is 16.5. The van der Waals surface area contributed by atoms with Gasteiger partial charge in [0.25, 0.3) is 0 Å². The van der Waals surface area contributed by atoms with Crippen molar-refractivity contribution < 1.29 is 19.4 Å². The average Bonchev–Trinajstić information content (AvgIpc) is 3.26. The van der Waals surface area contributed by atoms with Crippen LogP contribution < -0.4 is 0 Å². The van der Waals surface area contributed by atoms with E-state index in [9.17, 15) is 14.7 Å². The monoisotopic (exact) mass is 472 g/mol. The molecule has 3 aromatic rings. The van der Waals surface area contributed by atoms with Crippen molar-refractivity contribution in [2.75, 3.05) is 26.3 Å². The lowest BCUT2D eigenvalue weighted by Gasteiger charge is -2.34. The Kier molecular flexibility index (Phi) is 5.85. The van der Waals surface area contributed by atoms with Crippen LogP contribution in [0.5, 0.6) is 0 Å². The molecule has 1 aromatic heterocycles. The van der Waals surface area contributed by atoms with Crippen LogP contribution in [-0.2, 0) is 16.0 Å². The third-order valence-corrected chi connectivity index (χ3v) is 8.19. The molecule has 35 heavy (non-hydrogen) atoms. The first-order valence-corrected chi connectivity index (χ1v) is 13.0. The van der Waals surface area contributed by atoms with Crippen LogP contribution in [0.1, 0.15) is 72.0 Å². The van der Waals surface area contributed by atoms with E-state index in [2.05, 4.69) is 28.8 Å². The Morgan fingerprint density at radius 3 is 2.37 bits per heavy atom. The van der Waals surface area contributed by atoms with E-state index >= 15 is 0 Å². The minimum Gasteiger partial charge on any atom is -0.478 e. The molecule has 6 heteroatoms. The fourth-order valence-corrected chi connectivity index (χ4v) is 6.60. The SMILES string of the molecule is O=C(O)c1ccc2c(C3CCCCC3)c(-c3ccccc3)n3c2c1CC[C@H]3C(=O)N1CCOCC1. The van der Waals surface area contributed by atoms with Crippen molar-refractivity contribution in [3.8, 4) is 11.3 Å². The highest BCUT2D eigenvalue weighted by Gasteiger charge is 2.38. The number of carboxylic acids is 1. The Morgan fingerprint density at radius 2 is 1.66 bits per heavy atom. The van der Waals surface area contributed by atoms with Gasteiger partial charge < -0.3 is 19.3 Å². The molecule has 0 radical (unpaired) electrons. The third-order valence-electron chi connectivity index (χ3n) is 8.19. The maximum Gasteiger partial charge on any atom is 0.336 e. The Hall–Kier alpha value is -3.12. The van der Waals surface area contributed by atoms with Gasteiger partial charge in [0, 0.05) is 18.5 Å². The number of nitrogens with zero attached hydrogens (tertiary/aromatic N) is 2. The zero-order valence-corrected chi connectivity index (χ0v) is 20.0. The van der Waals surface area contributed by atoms with Crippen molar-refractivity contribution in [3.63, 3.8) is 0 Å². The highest BCUT2D eigenvalue weighted by molar-refractivity contribution is 6.03. The quantitative estimate of drug-likeness (QED) is 0.552. The van der Waals surface area contributed by atoms with Gasteiger partial charge in [-0.2, -0.15) is 0 Å². The lowest BCUT2D eigenvalue weighted by molar-refractivity contribution is -0.139. The summed E-state index contributed by atoms with van der Waals surface area (Å²) in [4.78, 5) is 28.0. The summed E-state index contributed by atoms with van der Waals surface area (Å²) < 4.78 is 7.74. The Labute approximate surface area is 205 Å². The number of hydrogen-bond donors (Lipinski definition) is 1. The Morgan fingerprint density at radius 1 is 0.914 bits per heavy atom. The first-order chi connectivity index (χ1) is 17.1. The molecule has 3 aliphatic rings. The van der Waals surface area contributed by atoms with Gasteiger partial charge in [0.15, 0.2) is 0 Å². The van der Waals surface area contributed by atoms with Gasteiger partial charge in [-0.15, -0.1) is 0 Å². The number of rotatable bonds is 4. The number of aryl methyl sites for hydroxylation is 1. The van der Waals surface area contributed by atoms with Crippen molar-refractivity contribution >= 4 is 22.8 Å². The lowest BCUT2D eigenvalue weighted by atomic mass is 9.81. The van der Waals surface area contributed by atoms with Gasteiger partial charge in [-0.05, 0) is 54.4 Å². The molecule has 2 aromatic carbocycles. The molecule has 6 nitrogen and oxygen atoms in total. The molecule has 0 bridgehead atoms. The summed E-state index contributed by atoms with van der Waals surface area (Å²) in [6, 6.07) is 13.9. The van der Waals surface area contributed by atoms with Crippen molar-refractivity contribution in [2.24, 2.45) is 0 Å². The topological polar surface area (TPSA) is 71.8 Å². The summed E-state index contributed by atoms with van der Waals surface area (Å²) >= 11 is 0.